The van der Waals surface area contributed by atoms with Gasteiger partial charge in [-0.1, -0.05) is 20.8 Å². The Bertz CT molecular complexity index is 185. The van der Waals surface area contributed by atoms with Crippen molar-refractivity contribution in [2.45, 2.75) is 46.6 Å². The number of amidine groups is 1. The topological polar surface area (TPSA) is 15.6 Å². The number of nitrogens with zero attached hydrogens (tertiary/aromatic N) is 2. The minimum atomic E-state index is 0.578. The first-order valence-electron chi connectivity index (χ1n) is 5.47. The summed E-state index contributed by atoms with van der Waals surface area (Å²) in [6.45, 7) is 11.2. The predicted octanol–water partition coefficient (Wildman–Crippen LogP) is 2.55. The molecule has 1 aliphatic rings. The largest absolute Gasteiger partial charge is 0.357 e. The van der Waals surface area contributed by atoms with Gasteiger partial charge in [-0.05, 0) is 19.8 Å². The van der Waals surface area contributed by atoms with Crippen LogP contribution in [0.1, 0.15) is 40.5 Å². The summed E-state index contributed by atoms with van der Waals surface area (Å²) in [6, 6.07) is 0.654. The van der Waals surface area contributed by atoms with Gasteiger partial charge in [0.2, 0.25) is 0 Å². The van der Waals surface area contributed by atoms with Crippen molar-refractivity contribution in [1.82, 2.24) is 4.90 Å². The lowest BCUT2D eigenvalue weighted by molar-refractivity contribution is 0.294. The summed E-state index contributed by atoms with van der Waals surface area (Å²) in [4.78, 5) is 7.10. The lowest BCUT2D eigenvalue weighted by Crippen LogP contribution is -2.44. The van der Waals surface area contributed by atoms with E-state index in [0.29, 0.717) is 12.0 Å². The van der Waals surface area contributed by atoms with Gasteiger partial charge in [-0.25, -0.2) is 0 Å². The molecule has 76 valence electrons. The van der Waals surface area contributed by atoms with Gasteiger partial charge < -0.3 is 4.90 Å². The van der Waals surface area contributed by atoms with Crippen molar-refractivity contribution in [2.75, 3.05) is 13.1 Å². The third kappa shape index (κ3) is 2.45. The van der Waals surface area contributed by atoms with E-state index in [1.165, 1.54) is 25.2 Å². The van der Waals surface area contributed by atoms with Crippen LogP contribution in [0.4, 0.5) is 0 Å². The lowest BCUT2D eigenvalue weighted by Gasteiger charge is -2.36. The number of hydrogen-bond donors (Lipinski definition) is 0. The minimum absolute atomic E-state index is 0.578. The molecule has 13 heavy (non-hydrogen) atoms. The van der Waals surface area contributed by atoms with Crippen LogP contribution in [-0.2, 0) is 0 Å². The third-order valence-electron chi connectivity index (χ3n) is 2.76. The average Bonchev–Trinajstić information content (AvgIpc) is 2.16. The summed E-state index contributed by atoms with van der Waals surface area (Å²) >= 11 is 0. The Hall–Kier alpha value is -0.530. The molecule has 0 aromatic carbocycles. The lowest BCUT2D eigenvalue weighted by atomic mass is 10.1. The molecular weight excluding hydrogens is 160 g/mol. The van der Waals surface area contributed by atoms with Crippen LogP contribution in [-0.4, -0.2) is 29.9 Å². The van der Waals surface area contributed by atoms with Gasteiger partial charge in [-0.3, -0.25) is 4.99 Å². The van der Waals surface area contributed by atoms with Crippen LogP contribution in [0, 0.1) is 5.92 Å². The second-order valence-corrected chi connectivity index (χ2v) is 4.20. The van der Waals surface area contributed by atoms with Crippen LogP contribution in [0.15, 0.2) is 4.99 Å². The average molecular weight is 182 g/mol. The second kappa shape index (κ2) is 4.64. The molecule has 0 aliphatic carbocycles. The molecule has 1 atom stereocenters. The Morgan fingerprint density at radius 3 is 2.62 bits per heavy atom. The van der Waals surface area contributed by atoms with Gasteiger partial charge >= 0.3 is 0 Å². The van der Waals surface area contributed by atoms with E-state index in [4.69, 9.17) is 0 Å². The SMILES string of the molecule is CCC(C)N1CCCN=C1C(C)C. The fourth-order valence-electron chi connectivity index (χ4n) is 1.82. The molecule has 0 bridgehead atoms. The number of hydrogen-bond acceptors (Lipinski definition) is 2. The van der Waals surface area contributed by atoms with Gasteiger partial charge in [0, 0.05) is 25.0 Å². The summed E-state index contributed by atoms with van der Waals surface area (Å²) in [6.07, 6.45) is 2.44. The molecule has 1 unspecified atom stereocenters. The Morgan fingerprint density at radius 2 is 2.08 bits per heavy atom. The highest BCUT2D eigenvalue weighted by atomic mass is 15.2. The van der Waals surface area contributed by atoms with E-state index in [9.17, 15) is 0 Å². The van der Waals surface area contributed by atoms with Crippen molar-refractivity contribution in [3.8, 4) is 0 Å². The highest BCUT2D eigenvalue weighted by Gasteiger charge is 2.21. The normalized spacial score (nSPS) is 20.4. The molecule has 0 saturated carbocycles. The maximum atomic E-state index is 4.62. The predicted molar refractivity (Wildman–Crippen MR) is 58.2 cm³/mol. The Kier molecular flexibility index (Phi) is 3.76. The minimum Gasteiger partial charge on any atom is -0.357 e. The maximum absolute atomic E-state index is 4.62. The zero-order valence-electron chi connectivity index (χ0n) is 9.38. The highest BCUT2D eigenvalue weighted by Crippen LogP contribution is 2.15. The van der Waals surface area contributed by atoms with E-state index in [-0.39, 0.29) is 0 Å². The third-order valence-corrected chi connectivity index (χ3v) is 2.76. The summed E-state index contributed by atoms with van der Waals surface area (Å²) in [5.41, 5.74) is 0. The molecule has 0 saturated heterocycles. The first-order valence-corrected chi connectivity index (χ1v) is 5.47. The van der Waals surface area contributed by atoms with Gasteiger partial charge in [0.25, 0.3) is 0 Å². The Morgan fingerprint density at radius 1 is 1.38 bits per heavy atom. The molecule has 1 aliphatic heterocycles. The summed E-state index contributed by atoms with van der Waals surface area (Å²) in [7, 11) is 0. The van der Waals surface area contributed by atoms with Gasteiger partial charge in [0.1, 0.15) is 5.84 Å². The molecule has 1 rings (SSSR count). The summed E-state index contributed by atoms with van der Waals surface area (Å²) in [5, 5.41) is 0. The highest BCUT2D eigenvalue weighted by molar-refractivity contribution is 5.84. The quantitative estimate of drug-likeness (QED) is 0.655. The van der Waals surface area contributed by atoms with Crippen LogP contribution < -0.4 is 0 Å². The molecule has 1 heterocycles. The van der Waals surface area contributed by atoms with Crippen LogP contribution in [0.3, 0.4) is 0 Å². The molecule has 2 nitrogen and oxygen atoms in total. The molecule has 0 radical (unpaired) electrons. The van der Waals surface area contributed by atoms with Gasteiger partial charge in [-0.2, -0.15) is 0 Å². The van der Waals surface area contributed by atoms with E-state index < -0.39 is 0 Å². The zero-order valence-corrected chi connectivity index (χ0v) is 9.38. The first kappa shape index (κ1) is 10.6. The first-order chi connectivity index (χ1) is 6.16. The van der Waals surface area contributed by atoms with Crippen LogP contribution >= 0.6 is 0 Å². The van der Waals surface area contributed by atoms with Gasteiger partial charge in [-0.15, -0.1) is 0 Å². The molecule has 0 spiro atoms. The van der Waals surface area contributed by atoms with E-state index in [2.05, 4.69) is 37.6 Å². The molecule has 2 heteroatoms. The van der Waals surface area contributed by atoms with Crippen molar-refractivity contribution in [1.29, 1.82) is 0 Å². The van der Waals surface area contributed by atoms with Gasteiger partial charge in [0.05, 0.1) is 0 Å². The molecule has 0 N–H and O–H groups in total. The van der Waals surface area contributed by atoms with E-state index in [1.807, 2.05) is 0 Å². The zero-order chi connectivity index (χ0) is 9.84. The summed E-state index contributed by atoms with van der Waals surface area (Å²) < 4.78 is 0. The summed E-state index contributed by atoms with van der Waals surface area (Å²) in [5.74, 6) is 1.90. The smallest absolute Gasteiger partial charge is 0.102 e. The molecule has 0 amide bonds. The van der Waals surface area contributed by atoms with Gasteiger partial charge in [0.15, 0.2) is 0 Å². The second-order valence-electron chi connectivity index (χ2n) is 4.20. The van der Waals surface area contributed by atoms with Crippen LogP contribution in [0.25, 0.3) is 0 Å². The van der Waals surface area contributed by atoms with Crippen molar-refractivity contribution in [3.63, 3.8) is 0 Å². The van der Waals surface area contributed by atoms with Crippen molar-refractivity contribution < 1.29 is 0 Å². The molecular formula is C11H22N2. The monoisotopic (exact) mass is 182 g/mol. The van der Waals surface area contributed by atoms with E-state index in [0.717, 1.165) is 6.54 Å². The molecule has 0 aromatic rings. The standard InChI is InChI=1S/C11H22N2/c1-5-10(4)13-8-6-7-12-11(13)9(2)3/h9-10H,5-8H2,1-4H3. The van der Waals surface area contributed by atoms with Crippen molar-refractivity contribution in [2.24, 2.45) is 10.9 Å². The van der Waals surface area contributed by atoms with Crippen LogP contribution in [0.2, 0.25) is 0 Å². The van der Waals surface area contributed by atoms with E-state index >= 15 is 0 Å². The van der Waals surface area contributed by atoms with E-state index in [1.54, 1.807) is 0 Å². The Balaban J connectivity index is 2.70. The maximum Gasteiger partial charge on any atom is 0.102 e. The fraction of sp³-hybridized carbons (Fsp3) is 0.909. The number of aliphatic imine (C=N–C) groups is 1. The van der Waals surface area contributed by atoms with Crippen molar-refractivity contribution in [3.05, 3.63) is 0 Å². The van der Waals surface area contributed by atoms with Crippen LogP contribution in [0.5, 0.6) is 0 Å². The Labute approximate surface area is 82.0 Å². The molecule has 0 fully saturated rings. The molecule has 0 aromatic heterocycles. The number of rotatable bonds is 3. The fourth-order valence-corrected chi connectivity index (χ4v) is 1.82. The van der Waals surface area contributed by atoms with Crippen molar-refractivity contribution >= 4 is 5.84 Å².